The zero-order chi connectivity index (χ0) is 22.3. The topological polar surface area (TPSA) is 25.4 Å². The normalized spacial score (nSPS) is 19.3. The van der Waals surface area contributed by atoms with Crippen molar-refractivity contribution < 1.29 is 4.74 Å². The smallest absolute Gasteiger partial charge is 0.119 e. The second-order valence-corrected chi connectivity index (χ2v) is 9.37. The van der Waals surface area contributed by atoms with Crippen LogP contribution in [0.15, 0.2) is 54.7 Å². The Morgan fingerprint density at radius 2 is 1.81 bits per heavy atom. The Balaban J connectivity index is 1.32. The molecule has 2 heterocycles. The van der Waals surface area contributed by atoms with Gasteiger partial charge in [-0.05, 0) is 91.4 Å². The Labute approximate surface area is 193 Å². The summed E-state index contributed by atoms with van der Waals surface area (Å²) in [4.78, 5) is 7.21. The SMILES string of the molecule is CCc1ccc(CN2CC[C@@H](CCCc3ccnc4ccc(OC)cc34)[C@@H](CC)C2)cc1. The first-order valence-electron chi connectivity index (χ1n) is 12.4. The predicted octanol–water partition coefficient (Wildman–Crippen LogP) is 6.68. The zero-order valence-corrected chi connectivity index (χ0v) is 20.0. The number of hydrogen-bond acceptors (Lipinski definition) is 3. The third-order valence-electron chi connectivity index (χ3n) is 7.40. The number of methoxy groups -OCH3 is 1. The fourth-order valence-electron chi connectivity index (χ4n) is 5.36. The molecule has 1 aliphatic heterocycles. The van der Waals surface area contributed by atoms with Crippen LogP contribution in [0, 0.1) is 11.8 Å². The fraction of sp³-hybridized carbons (Fsp3) is 0.483. The number of likely N-dealkylation sites (tertiary alicyclic amines) is 1. The standard InChI is InChI=1S/C29H38N2O/c1-4-22-9-11-23(12-10-22)20-31-18-16-25(24(5-2)21-31)7-6-8-26-15-17-30-29-14-13-27(32-3)19-28(26)29/h9-15,17,19,24-25H,4-8,16,18,20-21H2,1-3H3/t24-,25+/m0/s1. The summed E-state index contributed by atoms with van der Waals surface area (Å²) in [6, 6.07) is 17.6. The van der Waals surface area contributed by atoms with Crippen LogP contribution in [0.5, 0.6) is 5.75 Å². The lowest BCUT2D eigenvalue weighted by atomic mass is 9.80. The number of fused-ring (bicyclic) bond motifs is 1. The first-order valence-corrected chi connectivity index (χ1v) is 12.4. The molecule has 0 amide bonds. The molecule has 0 N–H and O–H groups in total. The van der Waals surface area contributed by atoms with Gasteiger partial charge in [-0.2, -0.15) is 0 Å². The molecule has 4 rings (SSSR count). The Morgan fingerprint density at radius 1 is 1.00 bits per heavy atom. The van der Waals surface area contributed by atoms with Crippen LogP contribution < -0.4 is 4.74 Å². The molecule has 1 saturated heterocycles. The molecule has 170 valence electrons. The van der Waals surface area contributed by atoms with Crippen molar-refractivity contribution in [2.75, 3.05) is 20.2 Å². The molecular formula is C29H38N2O. The molecule has 0 unspecified atom stereocenters. The molecule has 32 heavy (non-hydrogen) atoms. The van der Waals surface area contributed by atoms with Crippen LogP contribution in [0.1, 0.15) is 56.2 Å². The summed E-state index contributed by atoms with van der Waals surface area (Å²) in [6.07, 6.45) is 9.37. The molecule has 3 aromatic rings. The summed E-state index contributed by atoms with van der Waals surface area (Å²) in [7, 11) is 1.73. The number of benzene rings is 2. The van der Waals surface area contributed by atoms with E-state index in [1.165, 1.54) is 60.8 Å². The van der Waals surface area contributed by atoms with Crippen molar-refractivity contribution in [3.05, 3.63) is 71.4 Å². The summed E-state index contributed by atoms with van der Waals surface area (Å²) < 4.78 is 5.44. The van der Waals surface area contributed by atoms with Gasteiger partial charge in [0.15, 0.2) is 0 Å². The number of ether oxygens (including phenoxy) is 1. The van der Waals surface area contributed by atoms with Gasteiger partial charge in [0.2, 0.25) is 0 Å². The Hall–Kier alpha value is -2.39. The van der Waals surface area contributed by atoms with Crippen LogP contribution in [-0.4, -0.2) is 30.1 Å². The van der Waals surface area contributed by atoms with E-state index in [-0.39, 0.29) is 0 Å². The first kappa shape index (κ1) is 22.8. The summed E-state index contributed by atoms with van der Waals surface area (Å²) in [5.74, 6) is 2.57. The van der Waals surface area contributed by atoms with Crippen LogP contribution in [0.3, 0.4) is 0 Å². The summed E-state index contributed by atoms with van der Waals surface area (Å²) >= 11 is 0. The molecule has 1 aromatic heterocycles. The monoisotopic (exact) mass is 430 g/mol. The van der Waals surface area contributed by atoms with Crippen LogP contribution in [-0.2, 0) is 19.4 Å². The van der Waals surface area contributed by atoms with Gasteiger partial charge in [-0.25, -0.2) is 0 Å². The van der Waals surface area contributed by atoms with E-state index >= 15 is 0 Å². The van der Waals surface area contributed by atoms with Gasteiger partial charge in [-0.3, -0.25) is 9.88 Å². The van der Waals surface area contributed by atoms with Gasteiger partial charge < -0.3 is 4.74 Å². The summed E-state index contributed by atoms with van der Waals surface area (Å²) in [5.41, 5.74) is 5.35. The number of pyridine rings is 1. The van der Waals surface area contributed by atoms with Gasteiger partial charge in [-0.1, -0.05) is 44.5 Å². The van der Waals surface area contributed by atoms with Crippen molar-refractivity contribution in [3.63, 3.8) is 0 Å². The highest BCUT2D eigenvalue weighted by Crippen LogP contribution is 2.32. The lowest BCUT2D eigenvalue weighted by Gasteiger charge is -2.38. The molecule has 0 aliphatic carbocycles. The minimum atomic E-state index is 0.813. The lowest BCUT2D eigenvalue weighted by Crippen LogP contribution is -2.39. The van der Waals surface area contributed by atoms with Gasteiger partial charge >= 0.3 is 0 Å². The number of nitrogens with zero attached hydrogens (tertiary/aromatic N) is 2. The molecule has 0 radical (unpaired) electrons. The van der Waals surface area contributed by atoms with Crippen molar-refractivity contribution >= 4 is 10.9 Å². The minimum absolute atomic E-state index is 0.813. The quantitative estimate of drug-likeness (QED) is 0.379. The Bertz CT molecular complexity index is 998. The maximum Gasteiger partial charge on any atom is 0.119 e. The van der Waals surface area contributed by atoms with Crippen molar-refractivity contribution in [1.82, 2.24) is 9.88 Å². The zero-order valence-electron chi connectivity index (χ0n) is 20.0. The number of aromatic nitrogens is 1. The molecule has 2 aromatic carbocycles. The minimum Gasteiger partial charge on any atom is -0.497 e. The maximum absolute atomic E-state index is 5.44. The average molecular weight is 431 g/mol. The summed E-state index contributed by atoms with van der Waals surface area (Å²) in [5, 5.41) is 1.24. The van der Waals surface area contributed by atoms with E-state index in [1.54, 1.807) is 7.11 Å². The Kier molecular flexibility index (Phi) is 7.81. The number of rotatable bonds is 9. The van der Waals surface area contributed by atoms with Crippen molar-refractivity contribution in [3.8, 4) is 5.75 Å². The van der Waals surface area contributed by atoms with Crippen molar-refractivity contribution in [1.29, 1.82) is 0 Å². The molecule has 1 fully saturated rings. The highest BCUT2D eigenvalue weighted by atomic mass is 16.5. The molecule has 3 heteroatoms. The largest absolute Gasteiger partial charge is 0.497 e. The summed E-state index contributed by atoms with van der Waals surface area (Å²) in [6.45, 7) is 8.16. The molecule has 1 aliphatic rings. The van der Waals surface area contributed by atoms with E-state index in [9.17, 15) is 0 Å². The first-order chi connectivity index (χ1) is 15.7. The number of hydrogen-bond donors (Lipinski definition) is 0. The van der Waals surface area contributed by atoms with Gasteiger partial charge in [-0.15, -0.1) is 0 Å². The molecular weight excluding hydrogens is 392 g/mol. The van der Waals surface area contributed by atoms with E-state index < -0.39 is 0 Å². The second-order valence-electron chi connectivity index (χ2n) is 9.37. The lowest BCUT2D eigenvalue weighted by molar-refractivity contribution is 0.104. The third-order valence-corrected chi connectivity index (χ3v) is 7.40. The van der Waals surface area contributed by atoms with E-state index in [0.29, 0.717) is 0 Å². The highest BCUT2D eigenvalue weighted by Gasteiger charge is 2.27. The Morgan fingerprint density at radius 3 is 2.56 bits per heavy atom. The molecule has 0 saturated carbocycles. The van der Waals surface area contributed by atoms with E-state index in [4.69, 9.17) is 4.74 Å². The van der Waals surface area contributed by atoms with Crippen molar-refractivity contribution in [2.45, 2.75) is 58.9 Å². The second kappa shape index (κ2) is 11.0. The van der Waals surface area contributed by atoms with Gasteiger partial charge in [0.25, 0.3) is 0 Å². The molecule has 3 nitrogen and oxygen atoms in total. The van der Waals surface area contributed by atoms with Crippen LogP contribution >= 0.6 is 0 Å². The molecule has 0 spiro atoms. The van der Waals surface area contributed by atoms with E-state index in [0.717, 1.165) is 42.5 Å². The van der Waals surface area contributed by atoms with Gasteiger partial charge in [0, 0.05) is 24.7 Å². The third kappa shape index (κ3) is 5.50. The fourth-order valence-corrected chi connectivity index (χ4v) is 5.36. The number of piperidine rings is 1. The molecule has 2 atom stereocenters. The van der Waals surface area contributed by atoms with Crippen LogP contribution in [0.25, 0.3) is 10.9 Å². The van der Waals surface area contributed by atoms with E-state index in [2.05, 4.69) is 66.2 Å². The maximum atomic E-state index is 5.44. The van der Waals surface area contributed by atoms with Crippen LogP contribution in [0.4, 0.5) is 0 Å². The van der Waals surface area contributed by atoms with E-state index in [1.807, 2.05) is 12.3 Å². The van der Waals surface area contributed by atoms with Gasteiger partial charge in [0.1, 0.15) is 5.75 Å². The number of aryl methyl sites for hydroxylation is 2. The highest BCUT2D eigenvalue weighted by molar-refractivity contribution is 5.83. The van der Waals surface area contributed by atoms with Crippen LogP contribution in [0.2, 0.25) is 0 Å². The van der Waals surface area contributed by atoms with Crippen molar-refractivity contribution in [2.24, 2.45) is 11.8 Å². The predicted molar refractivity (Wildman–Crippen MR) is 134 cm³/mol. The average Bonchev–Trinajstić information content (AvgIpc) is 2.85. The van der Waals surface area contributed by atoms with Gasteiger partial charge in [0.05, 0.1) is 12.6 Å². The molecule has 0 bridgehead atoms.